The molecule has 0 aliphatic carbocycles. The summed E-state index contributed by atoms with van der Waals surface area (Å²) in [4.78, 5) is 1.34. The molecule has 104 valence electrons. The second-order valence-electron chi connectivity index (χ2n) is 6.49. The molecule has 0 saturated heterocycles. The van der Waals surface area contributed by atoms with Gasteiger partial charge in [0.25, 0.3) is 0 Å². The SMILES string of the molecule is CC(C)(C)c1nnc(Cl)n1CC(C)(C)c1cccs1. The molecule has 5 heteroatoms. The van der Waals surface area contributed by atoms with Crippen molar-refractivity contribution in [1.29, 1.82) is 0 Å². The van der Waals surface area contributed by atoms with Gasteiger partial charge in [-0.25, -0.2) is 0 Å². The first-order valence-electron chi connectivity index (χ1n) is 6.35. The fourth-order valence-corrected chi connectivity index (χ4v) is 3.14. The second-order valence-corrected chi connectivity index (χ2v) is 7.78. The van der Waals surface area contributed by atoms with Gasteiger partial charge in [-0.1, -0.05) is 40.7 Å². The maximum absolute atomic E-state index is 6.21. The van der Waals surface area contributed by atoms with E-state index in [4.69, 9.17) is 11.6 Å². The van der Waals surface area contributed by atoms with E-state index in [-0.39, 0.29) is 10.8 Å². The van der Waals surface area contributed by atoms with Crippen molar-refractivity contribution in [3.05, 3.63) is 33.5 Å². The highest BCUT2D eigenvalue weighted by atomic mass is 35.5. The minimum atomic E-state index is -0.0638. The van der Waals surface area contributed by atoms with Gasteiger partial charge in [-0.15, -0.1) is 21.5 Å². The molecule has 19 heavy (non-hydrogen) atoms. The third kappa shape index (κ3) is 3.00. The van der Waals surface area contributed by atoms with Crippen LogP contribution in [0, 0.1) is 0 Å². The summed E-state index contributed by atoms with van der Waals surface area (Å²) in [5.74, 6) is 0.933. The van der Waals surface area contributed by atoms with E-state index in [1.807, 2.05) is 4.57 Å². The van der Waals surface area contributed by atoms with Crippen molar-refractivity contribution >= 4 is 22.9 Å². The quantitative estimate of drug-likeness (QED) is 0.847. The van der Waals surface area contributed by atoms with Crippen LogP contribution in [0.2, 0.25) is 5.28 Å². The molecule has 3 nitrogen and oxygen atoms in total. The molecule has 0 N–H and O–H groups in total. The zero-order chi connectivity index (χ0) is 14.3. The lowest BCUT2D eigenvalue weighted by molar-refractivity contribution is 0.406. The summed E-state index contributed by atoms with van der Waals surface area (Å²) in [6, 6.07) is 4.25. The average Bonchev–Trinajstić information content (AvgIpc) is 2.88. The standard InChI is InChI=1S/C14H20ClN3S/c1-13(2,3)11-16-17-12(15)18(11)9-14(4,5)10-7-6-8-19-10/h6-8H,9H2,1-5H3. The number of rotatable bonds is 3. The molecule has 0 aliphatic rings. The van der Waals surface area contributed by atoms with Crippen molar-refractivity contribution in [2.45, 2.75) is 52.0 Å². The second kappa shape index (κ2) is 4.91. The molecule has 0 aliphatic heterocycles. The molecule has 0 amide bonds. The highest BCUT2D eigenvalue weighted by Crippen LogP contribution is 2.32. The van der Waals surface area contributed by atoms with Crippen molar-refractivity contribution in [2.24, 2.45) is 0 Å². The summed E-state index contributed by atoms with van der Waals surface area (Å²) in [6.45, 7) is 11.6. The molecule has 0 unspecified atom stereocenters. The van der Waals surface area contributed by atoms with Gasteiger partial charge < -0.3 is 4.57 Å². The van der Waals surface area contributed by atoms with Crippen LogP contribution in [0.1, 0.15) is 45.3 Å². The molecule has 0 fully saturated rings. The van der Waals surface area contributed by atoms with Crippen LogP contribution in [0.25, 0.3) is 0 Å². The fourth-order valence-electron chi connectivity index (χ4n) is 2.12. The lowest BCUT2D eigenvalue weighted by Gasteiger charge is -2.27. The molecular formula is C14H20ClN3S. The maximum Gasteiger partial charge on any atom is 0.225 e. The van der Waals surface area contributed by atoms with Crippen molar-refractivity contribution in [3.8, 4) is 0 Å². The van der Waals surface area contributed by atoms with Gasteiger partial charge in [0.1, 0.15) is 5.82 Å². The lowest BCUT2D eigenvalue weighted by Crippen LogP contribution is -2.28. The minimum absolute atomic E-state index is 0.0141. The van der Waals surface area contributed by atoms with Crippen LogP contribution in [0.5, 0.6) is 0 Å². The lowest BCUT2D eigenvalue weighted by atomic mass is 9.90. The summed E-state index contributed by atoms with van der Waals surface area (Å²) in [6.07, 6.45) is 0. The normalized spacial score (nSPS) is 12.9. The molecule has 0 aromatic carbocycles. The Bertz CT molecular complexity index is 550. The summed E-state index contributed by atoms with van der Waals surface area (Å²) in [5.41, 5.74) is -0.0497. The van der Waals surface area contributed by atoms with Gasteiger partial charge in [0.2, 0.25) is 5.28 Å². The van der Waals surface area contributed by atoms with Crippen LogP contribution in [0.3, 0.4) is 0 Å². The van der Waals surface area contributed by atoms with Crippen molar-refractivity contribution in [1.82, 2.24) is 14.8 Å². The number of hydrogen-bond donors (Lipinski definition) is 0. The van der Waals surface area contributed by atoms with Crippen LogP contribution < -0.4 is 0 Å². The summed E-state index contributed by atoms with van der Waals surface area (Å²) >= 11 is 7.98. The number of halogens is 1. The first-order valence-corrected chi connectivity index (χ1v) is 7.61. The minimum Gasteiger partial charge on any atom is -0.300 e. The van der Waals surface area contributed by atoms with E-state index < -0.39 is 0 Å². The van der Waals surface area contributed by atoms with E-state index in [0.717, 1.165) is 12.4 Å². The zero-order valence-electron chi connectivity index (χ0n) is 12.1. The van der Waals surface area contributed by atoms with Gasteiger partial charge in [0.05, 0.1) is 0 Å². The zero-order valence-corrected chi connectivity index (χ0v) is 13.6. The van der Waals surface area contributed by atoms with Crippen LogP contribution in [-0.4, -0.2) is 14.8 Å². The Balaban J connectivity index is 2.36. The molecule has 0 atom stereocenters. The van der Waals surface area contributed by atoms with Crippen molar-refractivity contribution in [3.63, 3.8) is 0 Å². The van der Waals surface area contributed by atoms with Crippen LogP contribution in [0.15, 0.2) is 17.5 Å². The summed E-state index contributed by atoms with van der Waals surface area (Å²) in [7, 11) is 0. The highest BCUT2D eigenvalue weighted by molar-refractivity contribution is 7.10. The monoisotopic (exact) mass is 297 g/mol. The van der Waals surface area contributed by atoms with Gasteiger partial charge in [-0.05, 0) is 23.0 Å². The molecule has 0 bridgehead atoms. The Morgan fingerprint density at radius 1 is 1.21 bits per heavy atom. The molecule has 2 aromatic rings. The largest absolute Gasteiger partial charge is 0.300 e. The van der Waals surface area contributed by atoms with E-state index in [1.54, 1.807) is 11.3 Å². The van der Waals surface area contributed by atoms with Crippen LogP contribution >= 0.6 is 22.9 Å². The molecule has 2 aromatic heterocycles. The smallest absolute Gasteiger partial charge is 0.225 e. The first-order chi connectivity index (χ1) is 8.72. The molecule has 2 heterocycles. The Morgan fingerprint density at radius 3 is 2.42 bits per heavy atom. The number of hydrogen-bond acceptors (Lipinski definition) is 3. The van der Waals surface area contributed by atoms with Gasteiger partial charge in [-0.3, -0.25) is 0 Å². The number of nitrogens with zero attached hydrogens (tertiary/aromatic N) is 3. The van der Waals surface area contributed by atoms with E-state index in [2.05, 4.69) is 62.3 Å². The van der Waals surface area contributed by atoms with E-state index in [1.165, 1.54) is 4.88 Å². The number of thiophene rings is 1. The van der Waals surface area contributed by atoms with Gasteiger partial charge >= 0.3 is 0 Å². The number of aromatic nitrogens is 3. The Kier molecular flexibility index (Phi) is 3.76. The van der Waals surface area contributed by atoms with Gasteiger partial charge in [0, 0.05) is 22.3 Å². The van der Waals surface area contributed by atoms with Crippen LogP contribution in [-0.2, 0) is 17.4 Å². The fraction of sp³-hybridized carbons (Fsp3) is 0.571. The highest BCUT2D eigenvalue weighted by Gasteiger charge is 2.29. The third-order valence-corrected chi connectivity index (χ3v) is 4.63. The summed E-state index contributed by atoms with van der Waals surface area (Å²) in [5, 5.41) is 10.8. The van der Waals surface area contributed by atoms with E-state index >= 15 is 0 Å². The molecule has 0 spiro atoms. The Morgan fingerprint density at radius 2 is 1.89 bits per heavy atom. The maximum atomic E-state index is 6.21. The predicted molar refractivity (Wildman–Crippen MR) is 81.1 cm³/mol. The molecule has 0 radical (unpaired) electrons. The van der Waals surface area contributed by atoms with Gasteiger partial charge in [-0.2, -0.15) is 0 Å². The first kappa shape index (κ1) is 14.5. The van der Waals surface area contributed by atoms with Crippen molar-refractivity contribution in [2.75, 3.05) is 0 Å². The Hall–Kier alpha value is -0.870. The summed E-state index contributed by atoms with van der Waals surface area (Å²) < 4.78 is 2.03. The van der Waals surface area contributed by atoms with Crippen molar-refractivity contribution < 1.29 is 0 Å². The van der Waals surface area contributed by atoms with Crippen LogP contribution in [0.4, 0.5) is 0 Å². The molecular weight excluding hydrogens is 278 g/mol. The Labute approximate surface area is 123 Å². The van der Waals surface area contributed by atoms with E-state index in [9.17, 15) is 0 Å². The molecule has 0 saturated carbocycles. The topological polar surface area (TPSA) is 30.7 Å². The van der Waals surface area contributed by atoms with E-state index in [0.29, 0.717) is 5.28 Å². The van der Waals surface area contributed by atoms with Gasteiger partial charge in [0.15, 0.2) is 0 Å². The average molecular weight is 298 g/mol. The predicted octanol–water partition coefficient (Wildman–Crippen LogP) is 4.27. The molecule has 2 rings (SSSR count). The third-order valence-electron chi connectivity index (χ3n) is 3.12.